The third-order valence-electron chi connectivity index (χ3n) is 6.30. The number of alkyl halides is 3. The number of rotatable bonds is 10. The molecule has 0 spiro atoms. The summed E-state index contributed by atoms with van der Waals surface area (Å²) >= 11 is 0. The highest BCUT2D eigenvalue weighted by Gasteiger charge is 2.34. The van der Waals surface area contributed by atoms with Gasteiger partial charge in [0.25, 0.3) is 0 Å². The van der Waals surface area contributed by atoms with Crippen molar-refractivity contribution in [3.8, 4) is 0 Å². The molecule has 2 aliphatic rings. The van der Waals surface area contributed by atoms with Crippen LogP contribution in [0.4, 0.5) is 18.9 Å². The molecule has 0 aromatic heterocycles. The van der Waals surface area contributed by atoms with Crippen molar-refractivity contribution in [3.63, 3.8) is 0 Å². The minimum Gasteiger partial charge on any atom is -0.478 e. The smallest absolute Gasteiger partial charge is 0.416 e. The van der Waals surface area contributed by atoms with Crippen LogP contribution in [-0.4, -0.2) is 43.4 Å². The molecule has 5 nitrogen and oxygen atoms in total. The van der Waals surface area contributed by atoms with Crippen molar-refractivity contribution in [1.29, 1.82) is 0 Å². The second-order valence-electron chi connectivity index (χ2n) is 8.98. The van der Waals surface area contributed by atoms with Crippen molar-refractivity contribution >= 4 is 17.7 Å². The highest BCUT2D eigenvalue weighted by molar-refractivity contribution is 5.96. The first-order valence-corrected chi connectivity index (χ1v) is 12.5. The Morgan fingerprint density at radius 1 is 1.09 bits per heavy atom. The van der Waals surface area contributed by atoms with Crippen molar-refractivity contribution in [2.45, 2.75) is 83.4 Å². The van der Waals surface area contributed by atoms with E-state index in [9.17, 15) is 23.1 Å². The number of carboxylic acids is 1. The van der Waals surface area contributed by atoms with E-state index in [1.165, 1.54) is 63.5 Å². The zero-order chi connectivity index (χ0) is 25.0. The molecule has 2 aliphatic heterocycles. The summed E-state index contributed by atoms with van der Waals surface area (Å²) in [6, 6.07) is 3.42. The Morgan fingerprint density at radius 2 is 1.71 bits per heavy atom. The van der Waals surface area contributed by atoms with Crippen molar-refractivity contribution in [2.24, 2.45) is 5.73 Å². The number of carbonyl (C=O) groups is 1. The van der Waals surface area contributed by atoms with E-state index < -0.39 is 17.7 Å². The van der Waals surface area contributed by atoms with Crippen LogP contribution < -0.4 is 10.6 Å². The van der Waals surface area contributed by atoms with E-state index >= 15 is 0 Å². The predicted octanol–water partition coefficient (Wildman–Crippen LogP) is 6.26. The summed E-state index contributed by atoms with van der Waals surface area (Å²) in [7, 11) is 0. The molecule has 1 aromatic rings. The van der Waals surface area contributed by atoms with E-state index in [0.29, 0.717) is 37.3 Å². The van der Waals surface area contributed by atoms with Gasteiger partial charge in [-0.25, -0.2) is 4.79 Å². The van der Waals surface area contributed by atoms with E-state index in [1.807, 2.05) is 0 Å². The number of unbranched alkanes of at least 4 members (excludes halogenated alkanes) is 7. The van der Waals surface area contributed by atoms with Crippen molar-refractivity contribution < 1.29 is 27.8 Å². The first kappa shape index (κ1) is 28.2. The molecule has 3 rings (SSSR count). The molecule has 1 fully saturated rings. The monoisotopic (exact) mass is 484 g/mol. The van der Waals surface area contributed by atoms with Gasteiger partial charge in [0.05, 0.1) is 17.7 Å². The van der Waals surface area contributed by atoms with Gasteiger partial charge in [-0.3, -0.25) is 0 Å². The van der Waals surface area contributed by atoms with Gasteiger partial charge >= 0.3 is 12.1 Å². The van der Waals surface area contributed by atoms with Crippen LogP contribution in [0.3, 0.4) is 0 Å². The summed E-state index contributed by atoms with van der Waals surface area (Å²) in [6.07, 6.45) is 9.35. The fraction of sp³-hybridized carbons (Fsp3) is 0.654. The van der Waals surface area contributed by atoms with E-state index in [-0.39, 0.29) is 18.2 Å². The number of hydrogen-bond donors (Lipinski definition) is 2. The molecular formula is C26H39F3N2O3. The predicted molar refractivity (Wildman–Crippen MR) is 130 cm³/mol. The summed E-state index contributed by atoms with van der Waals surface area (Å²) < 4.78 is 44.2. The number of hydrogen-bond acceptors (Lipinski definition) is 4. The summed E-state index contributed by atoms with van der Waals surface area (Å²) in [5.41, 5.74) is 5.80. The lowest BCUT2D eigenvalue weighted by Gasteiger charge is -2.39. The van der Waals surface area contributed by atoms with Gasteiger partial charge in [-0.1, -0.05) is 57.9 Å². The van der Waals surface area contributed by atoms with Crippen LogP contribution in [0.5, 0.6) is 0 Å². The molecule has 0 radical (unpaired) electrons. The SMILES string of the molecule is CCCCCCCCCCN.O=C(O)C1=Cc2ccc(C(F)(F)F)cc2N(C2CCOCC2)C1. The van der Waals surface area contributed by atoms with E-state index in [0.717, 1.165) is 18.7 Å². The Kier molecular flexibility index (Phi) is 11.9. The number of anilines is 1. The number of ether oxygens (including phenoxy) is 1. The van der Waals surface area contributed by atoms with Gasteiger partial charge in [-0.15, -0.1) is 0 Å². The average Bonchev–Trinajstić information content (AvgIpc) is 2.83. The zero-order valence-electron chi connectivity index (χ0n) is 20.2. The minimum absolute atomic E-state index is 0.0194. The number of benzene rings is 1. The van der Waals surface area contributed by atoms with Gasteiger partial charge in [0.1, 0.15) is 0 Å². The van der Waals surface area contributed by atoms with Gasteiger partial charge in [0.2, 0.25) is 0 Å². The van der Waals surface area contributed by atoms with Gasteiger partial charge in [0.15, 0.2) is 0 Å². The third kappa shape index (κ3) is 8.95. The largest absolute Gasteiger partial charge is 0.478 e. The number of aliphatic carboxylic acids is 1. The van der Waals surface area contributed by atoms with Crippen LogP contribution in [0.25, 0.3) is 6.08 Å². The first-order valence-electron chi connectivity index (χ1n) is 12.5. The van der Waals surface area contributed by atoms with Crippen LogP contribution in [0.15, 0.2) is 23.8 Å². The lowest BCUT2D eigenvalue weighted by molar-refractivity contribution is -0.137. The maximum atomic E-state index is 13.0. The number of halogens is 3. The molecule has 34 heavy (non-hydrogen) atoms. The van der Waals surface area contributed by atoms with E-state index in [2.05, 4.69) is 6.92 Å². The van der Waals surface area contributed by atoms with E-state index in [4.69, 9.17) is 10.5 Å². The fourth-order valence-corrected chi connectivity index (χ4v) is 4.32. The molecule has 1 aromatic carbocycles. The van der Waals surface area contributed by atoms with Gasteiger partial charge < -0.3 is 20.5 Å². The number of nitrogens with zero attached hydrogens (tertiary/aromatic N) is 1. The summed E-state index contributed by atoms with van der Waals surface area (Å²) in [6.45, 7) is 4.29. The molecule has 2 heterocycles. The Bertz CT molecular complexity index is 782. The molecule has 0 bridgehead atoms. The highest BCUT2D eigenvalue weighted by atomic mass is 19.4. The Labute approximate surface area is 201 Å². The van der Waals surface area contributed by atoms with Crippen LogP contribution in [0.1, 0.15) is 82.3 Å². The molecule has 0 saturated carbocycles. The number of carboxylic acid groups (broad SMARTS) is 1. The maximum absolute atomic E-state index is 13.0. The first-order chi connectivity index (χ1) is 16.3. The molecule has 3 N–H and O–H groups in total. The van der Waals surface area contributed by atoms with Gasteiger partial charge in [-0.05, 0) is 49.6 Å². The number of nitrogens with two attached hydrogens (primary N) is 1. The quantitative estimate of drug-likeness (QED) is 0.384. The Hall–Kier alpha value is -2.06. The summed E-state index contributed by atoms with van der Waals surface area (Å²) in [4.78, 5) is 13.1. The molecule has 1 saturated heterocycles. The number of fused-ring (bicyclic) bond motifs is 1. The second-order valence-corrected chi connectivity index (χ2v) is 8.98. The normalized spacial score (nSPS) is 16.4. The van der Waals surface area contributed by atoms with Crippen LogP contribution >= 0.6 is 0 Å². The topological polar surface area (TPSA) is 75.8 Å². The second kappa shape index (κ2) is 14.4. The van der Waals surface area contributed by atoms with Gasteiger partial charge in [0, 0.05) is 24.9 Å². The zero-order valence-corrected chi connectivity index (χ0v) is 20.2. The van der Waals surface area contributed by atoms with Crippen LogP contribution in [-0.2, 0) is 15.7 Å². The summed E-state index contributed by atoms with van der Waals surface area (Å²) in [5, 5.41) is 9.26. The Balaban J connectivity index is 0.000000316. The van der Waals surface area contributed by atoms with E-state index in [1.54, 1.807) is 4.90 Å². The average molecular weight is 485 g/mol. The molecule has 0 amide bonds. The molecule has 0 atom stereocenters. The van der Waals surface area contributed by atoms with Crippen molar-refractivity contribution in [1.82, 2.24) is 0 Å². The molecule has 192 valence electrons. The molecule has 8 heteroatoms. The Morgan fingerprint density at radius 3 is 2.26 bits per heavy atom. The fourth-order valence-electron chi connectivity index (χ4n) is 4.32. The van der Waals surface area contributed by atoms with Crippen molar-refractivity contribution in [3.05, 3.63) is 34.9 Å². The van der Waals surface area contributed by atoms with Crippen LogP contribution in [0, 0.1) is 0 Å². The standard InChI is InChI=1S/C16H16F3NO3.C10H23N/c17-16(18,19)12-2-1-10-7-11(15(21)22)9-20(14(10)8-12)13-3-5-23-6-4-13;1-2-3-4-5-6-7-8-9-10-11/h1-2,7-8,13H,3-6,9H2,(H,21,22);2-11H2,1H3. The van der Waals surface area contributed by atoms with Gasteiger partial charge in [-0.2, -0.15) is 13.2 Å². The van der Waals surface area contributed by atoms with Crippen LogP contribution in [0.2, 0.25) is 0 Å². The lowest BCUT2D eigenvalue weighted by atomic mass is 9.96. The highest BCUT2D eigenvalue weighted by Crippen LogP contribution is 2.38. The minimum atomic E-state index is -4.42. The molecule has 0 unspecified atom stereocenters. The molecular weight excluding hydrogens is 445 g/mol. The van der Waals surface area contributed by atoms with Crippen molar-refractivity contribution in [2.75, 3.05) is 31.2 Å². The molecule has 0 aliphatic carbocycles. The maximum Gasteiger partial charge on any atom is 0.416 e. The lowest BCUT2D eigenvalue weighted by Crippen LogP contribution is -2.43. The third-order valence-corrected chi connectivity index (χ3v) is 6.30. The summed E-state index contributed by atoms with van der Waals surface area (Å²) in [5.74, 6) is -1.05.